The maximum absolute atomic E-state index is 4.48. The van der Waals surface area contributed by atoms with E-state index in [1.165, 1.54) is 16.3 Å². The molecule has 0 N–H and O–H groups in total. The molecule has 0 aliphatic carbocycles. The number of para-hydroxylation sites is 1. The van der Waals surface area contributed by atoms with Crippen LogP contribution in [0.2, 0.25) is 0 Å². The Morgan fingerprint density at radius 2 is 1.59 bits per heavy atom. The van der Waals surface area contributed by atoms with Gasteiger partial charge < -0.3 is 4.99 Å². The molecule has 0 saturated carbocycles. The Hall–Kier alpha value is -1.85. The molecule has 0 spiro atoms. The van der Waals surface area contributed by atoms with Crippen molar-refractivity contribution in [2.75, 3.05) is 0 Å². The molecule has 0 radical (unpaired) electrons. The van der Waals surface area contributed by atoms with Gasteiger partial charge >= 0.3 is 21.1 Å². The van der Waals surface area contributed by atoms with E-state index in [9.17, 15) is 0 Å². The molecule has 0 fully saturated rings. The molecule has 0 aliphatic heterocycles. The first-order valence-corrected chi connectivity index (χ1v) is 7.17. The Bertz CT molecular complexity index is 806. The van der Waals surface area contributed by atoms with E-state index < -0.39 is 0 Å². The standard InChI is InChI=1S/C20H17N.W/c1-3-16-12-17-9-5-6-10-18(17)13-19(16)14-21-20-11-7-4-8-15(20)2;/h4-13H,2-3H2,1H3;/q-2;+2. The van der Waals surface area contributed by atoms with E-state index in [4.69, 9.17) is 0 Å². The molecule has 0 heterocycles. The van der Waals surface area contributed by atoms with Crippen LogP contribution in [-0.4, -0.2) is 6.21 Å². The molecule has 2 heteroatoms. The van der Waals surface area contributed by atoms with E-state index in [0.717, 1.165) is 23.2 Å². The number of benzene rings is 3. The Morgan fingerprint density at radius 1 is 0.955 bits per heavy atom. The second-order valence-electron chi connectivity index (χ2n) is 5.06. The van der Waals surface area contributed by atoms with E-state index >= 15 is 0 Å². The quantitative estimate of drug-likeness (QED) is 0.380. The molecule has 0 aliphatic rings. The number of hydrogen-bond acceptors (Lipinski definition) is 1. The van der Waals surface area contributed by atoms with Crippen molar-refractivity contribution >= 4 is 22.7 Å². The predicted molar refractivity (Wildman–Crippen MR) is 90.4 cm³/mol. The first kappa shape index (κ1) is 16.5. The molecule has 22 heavy (non-hydrogen) atoms. The van der Waals surface area contributed by atoms with Gasteiger partial charge in [0, 0.05) is 0 Å². The largest absolute Gasteiger partial charge is 2.00 e. The SMILES string of the molecule is [CH2-]c1ccccc1N=[C-]c1cc2ccccc2cc1CC.[W+2]. The Kier molecular flexibility index (Phi) is 5.57. The molecule has 0 aromatic heterocycles. The minimum Gasteiger partial charge on any atom is -0.353 e. The van der Waals surface area contributed by atoms with Crippen LogP contribution in [0.1, 0.15) is 23.6 Å². The van der Waals surface area contributed by atoms with Gasteiger partial charge in [-0.15, -0.1) is 23.3 Å². The zero-order valence-electron chi connectivity index (χ0n) is 12.5. The summed E-state index contributed by atoms with van der Waals surface area (Å²) in [7, 11) is 0. The van der Waals surface area contributed by atoms with Crippen LogP contribution < -0.4 is 0 Å². The molecule has 3 aromatic carbocycles. The van der Waals surface area contributed by atoms with Crippen molar-refractivity contribution in [2.24, 2.45) is 4.99 Å². The number of hydrogen-bond donors (Lipinski definition) is 0. The summed E-state index contributed by atoms with van der Waals surface area (Å²) >= 11 is 0. The van der Waals surface area contributed by atoms with Crippen LogP contribution >= 0.6 is 0 Å². The van der Waals surface area contributed by atoms with E-state index in [2.05, 4.69) is 61.5 Å². The fraction of sp³-hybridized carbons (Fsp3) is 0.100. The van der Waals surface area contributed by atoms with Crippen molar-refractivity contribution in [1.82, 2.24) is 0 Å². The molecule has 108 valence electrons. The van der Waals surface area contributed by atoms with Crippen molar-refractivity contribution in [1.29, 1.82) is 0 Å². The maximum Gasteiger partial charge on any atom is 2.00 e. The molecule has 3 aromatic rings. The summed E-state index contributed by atoms with van der Waals surface area (Å²) in [4.78, 5) is 4.48. The fourth-order valence-electron chi connectivity index (χ4n) is 2.42. The van der Waals surface area contributed by atoms with Gasteiger partial charge in [0.25, 0.3) is 0 Å². The van der Waals surface area contributed by atoms with E-state index in [1.807, 2.05) is 24.3 Å². The van der Waals surface area contributed by atoms with E-state index in [1.54, 1.807) is 0 Å². The summed E-state index contributed by atoms with van der Waals surface area (Å²) in [5.74, 6) is 0. The van der Waals surface area contributed by atoms with Gasteiger partial charge in [-0.3, -0.25) is 0 Å². The molecule has 0 atom stereocenters. The van der Waals surface area contributed by atoms with Crippen molar-refractivity contribution in [3.05, 3.63) is 84.3 Å². The fourth-order valence-corrected chi connectivity index (χ4v) is 2.42. The predicted octanol–water partition coefficient (Wildman–Crippen LogP) is 5.21. The number of aliphatic imine (C=N–C) groups is 1. The molecule has 0 amide bonds. The van der Waals surface area contributed by atoms with Gasteiger partial charge in [-0.2, -0.15) is 18.6 Å². The van der Waals surface area contributed by atoms with Crippen molar-refractivity contribution in [3.63, 3.8) is 0 Å². The second kappa shape index (κ2) is 7.42. The van der Waals surface area contributed by atoms with Crippen molar-refractivity contribution in [3.8, 4) is 0 Å². The summed E-state index contributed by atoms with van der Waals surface area (Å²) in [6.45, 7) is 6.15. The van der Waals surface area contributed by atoms with Gasteiger partial charge in [-0.05, 0) is 17.3 Å². The molecule has 0 bridgehead atoms. The zero-order valence-corrected chi connectivity index (χ0v) is 15.5. The second-order valence-corrected chi connectivity index (χ2v) is 5.06. The van der Waals surface area contributed by atoms with Crippen molar-refractivity contribution in [2.45, 2.75) is 13.3 Å². The van der Waals surface area contributed by atoms with Gasteiger partial charge in [-0.1, -0.05) is 61.2 Å². The average Bonchev–Trinajstić information content (AvgIpc) is 2.53. The number of rotatable bonds is 3. The maximum atomic E-state index is 4.48. The topological polar surface area (TPSA) is 12.4 Å². The number of nitrogens with zero attached hydrogens (tertiary/aromatic N) is 1. The third-order valence-electron chi connectivity index (χ3n) is 3.64. The number of aryl methyl sites for hydroxylation is 1. The smallest absolute Gasteiger partial charge is 0.353 e. The molecule has 0 unspecified atom stereocenters. The van der Waals surface area contributed by atoms with Crippen LogP contribution in [0.4, 0.5) is 5.69 Å². The Morgan fingerprint density at radius 3 is 2.27 bits per heavy atom. The third kappa shape index (κ3) is 3.48. The minimum absolute atomic E-state index is 0. The zero-order chi connectivity index (χ0) is 14.7. The van der Waals surface area contributed by atoms with Gasteiger partial charge in [-0.25, -0.2) is 0 Å². The van der Waals surface area contributed by atoms with Crippen LogP contribution in [0.5, 0.6) is 0 Å². The van der Waals surface area contributed by atoms with Crippen LogP contribution in [0.3, 0.4) is 0 Å². The Balaban J connectivity index is 0.00000176. The molecule has 0 saturated heterocycles. The molecular weight excluding hydrogens is 438 g/mol. The van der Waals surface area contributed by atoms with Crippen LogP contribution in [0.25, 0.3) is 10.8 Å². The van der Waals surface area contributed by atoms with Gasteiger partial charge in [0.15, 0.2) is 0 Å². The molecule has 1 nitrogen and oxygen atoms in total. The van der Waals surface area contributed by atoms with Crippen LogP contribution in [0, 0.1) is 6.92 Å². The first-order chi connectivity index (χ1) is 10.3. The molecular formula is C20H17NW. The first-order valence-electron chi connectivity index (χ1n) is 7.17. The number of fused-ring (bicyclic) bond motifs is 1. The molecule has 3 rings (SSSR count). The minimum atomic E-state index is 0. The van der Waals surface area contributed by atoms with Gasteiger partial charge in [0.2, 0.25) is 0 Å². The summed E-state index contributed by atoms with van der Waals surface area (Å²) in [5, 5.41) is 2.48. The van der Waals surface area contributed by atoms with Gasteiger partial charge in [0.05, 0.1) is 0 Å². The van der Waals surface area contributed by atoms with E-state index in [-0.39, 0.29) is 21.1 Å². The van der Waals surface area contributed by atoms with Crippen LogP contribution in [-0.2, 0) is 27.5 Å². The summed E-state index contributed by atoms with van der Waals surface area (Å²) in [5.41, 5.74) is 4.11. The van der Waals surface area contributed by atoms with Crippen LogP contribution in [0.15, 0.2) is 65.7 Å². The normalized spacial score (nSPS) is 10.8. The van der Waals surface area contributed by atoms with Gasteiger partial charge in [0.1, 0.15) is 0 Å². The van der Waals surface area contributed by atoms with E-state index in [0.29, 0.717) is 0 Å². The average molecular weight is 455 g/mol. The monoisotopic (exact) mass is 455 g/mol. The third-order valence-corrected chi connectivity index (χ3v) is 3.64. The van der Waals surface area contributed by atoms with Crippen molar-refractivity contribution < 1.29 is 21.1 Å². The summed E-state index contributed by atoms with van der Waals surface area (Å²) in [6, 6.07) is 20.6. The summed E-state index contributed by atoms with van der Waals surface area (Å²) in [6.07, 6.45) is 4.17. The Labute approximate surface area is 146 Å². The summed E-state index contributed by atoms with van der Waals surface area (Å²) < 4.78 is 0.